The highest BCUT2D eigenvalue weighted by atomic mass is 16.3. The third-order valence-electron chi connectivity index (χ3n) is 4.23. The van der Waals surface area contributed by atoms with Crippen LogP contribution in [0.3, 0.4) is 0 Å². The molecule has 0 heterocycles. The van der Waals surface area contributed by atoms with E-state index in [0.717, 1.165) is 18.8 Å². The number of aliphatic hydroxyl groups is 1. The first-order valence-corrected chi connectivity index (χ1v) is 7.67. The molecule has 0 aromatic rings. The van der Waals surface area contributed by atoms with Crippen molar-refractivity contribution in [1.29, 1.82) is 0 Å². The van der Waals surface area contributed by atoms with Crippen LogP contribution in [-0.2, 0) is 0 Å². The number of hydrogen-bond acceptors (Lipinski definition) is 2. The SMILES string of the molecule is CCCC1CCCC(NC(CC)CCO)CC1. The molecule has 3 atom stereocenters. The Morgan fingerprint density at radius 2 is 2.00 bits per heavy atom. The van der Waals surface area contributed by atoms with E-state index in [1.807, 2.05) is 0 Å². The molecule has 0 amide bonds. The molecule has 1 fully saturated rings. The lowest BCUT2D eigenvalue weighted by Crippen LogP contribution is -2.38. The minimum atomic E-state index is 0.316. The van der Waals surface area contributed by atoms with Crippen molar-refractivity contribution in [1.82, 2.24) is 5.32 Å². The van der Waals surface area contributed by atoms with Gasteiger partial charge in [0.2, 0.25) is 0 Å². The molecule has 2 heteroatoms. The first-order chi connectivity index (χ1) is 8.30. The third kappa shape index (κ3) is 5.87. The lowest BCUT2D eigenvalue weighted by atomic mass is 9.95. The smallest absolute Gasteiger partial charge is 0.0445 e. The van der Waals surface area contributed by atoms with E-state index in [2.05, 4.69) is 19.2 Å². The van der Waals surface area contributed by atoms with E-state index in [9.17, 15) is 0 Å². The highest BCUT2D eigenvalue weighted by Gasteiger charge is 2.19. The number of rotatable bonds is 7. The van der Waals surface area contributed by atoms with Crippen LogP contribution in [0.4, 0.5) is 0 Å². The summed E-state index contributed by atoms with van der Waals surface area (Å²) in [6.45, 7) is 4.83. The summed E-state index contributed by atoms with van der Waals surface area (Å²) in [7, 11) is 0. The van der Waals surface area contributed by atoms with Crippen molar-refractivity contribution in [2.75, 3.05) is 6.61 Å². The highest BCUT2D eigenvalue weighted by Crippen LogP contribution is 2.27. The molecule has 0 spiro atoms. The van der Waals surface area contributed by atoms with Gasteiger partial charge in [0.1, 0.15) is 0 Å². The monoisotopic (exact) mass is 241 g/mol. The second-order valence-corrected chi connectivity index (χ2v) is 5.64. The summed E-state index contributed by atoms with van der Waals surface area (Å²) < 4.78 is 0. The van der Waals surface area contributed by atoms with Crippen LogP contribution in [0.2, 0.25) is 0 Å². The molecule has 17 heavy (non-hydrogen) atoms. The summed E-state index contributed by atoms with van der Waals surface area (Å²) >= 11 is 0. The van der Waals surface area contributed by atoms with E-state index in [-0.39, 0.29) is 0 Å². The van der Waals surface area contributed by atoms with E-state index < -0.39 is 0 Å². The molecule has 2 N–H and O–H groups in total. The van der Waals surface area contributed by atoms with Crippen molar-refractivity contribution >= 4 is 0 Å². The zero-order valence-electron chi connectivity index (χ0n) is 11.8. The van der Waals surface area contributed by atoms with Crippen LogP contribution >= 0.6 is 0 Å². The van der Waals surface area contributed by atoms with Crippen molar-refractivity contribution < 1.29 is 5.11 Å². The fourth-order valence-corrected chi connectivity index (χ4v) is 3.14. The van der Waals surface area contributed by atoms with Gasteiger partial charge in [0, 0.05) is 18.7 Å². The van der Waals surface area contributed by atoms with Gasteiger partial charge < -0.3 is 10.4 Å². The molecule has 0 aromatic heterocycles. The average molecular weight is 241 g/mol. The fraction of sp³-hybridized carbons (Fsp3) is 1.00. The van der Waals surface area contributed by atoms with E-state index in [1.165, 1.54) is 44.9 Å². The minimum absolute atomic E-state index is 0.316. The molecule has 1 rings (SSSR count). The van der Waals surface area contributed by atoms with Crippen LogP contribution in [0.5, 0.6) is 0 Å². The summed E-state index contributed by atoms with van der Waals surface area (Å²) in [5.74, 6) is 0.977. The molecule has 0 bridgehead atoms. The number of nitrogens with one attached hydrogen (secondary N) is 1. The van der Waals surface area contributed by atoms with Gasteiger partial charge in [-0.05, 0) is 38.0 Å². The van der Waals surface area contributed by atoms with Crippen molar-refractivity contribution in [3.8, 4) is 0 Å². The molecule has 0 aliphatic heterocycles. The second kappa shape index (κ2) is 8.93. The lowest BCUT2D eigenvalue weighted by molar-refractivity contribution is 0.251. The van der Waals surface area contributed by atoms with E-state index >= 15 is 0 Å². The van der Waals surface area contributed by atoms with Gasteiger partial charge >= 0.3 is 0 Å². The Kier molecular flexibility index (Phi) is 7.87. The van der Waals surface area contributed by atoms with Gasteiger partial charge in [-0.15, -0.1) is 0 Å². The van der Waals surface area contributed by atoms with Crippen LogP contribution in [-0.4, -0.2) is 23.8 Å². The molecule has 0 radical (unpaired) electrons. The van der Waals surface area contributed by atoms with Crippen LogP contribution < -0.4 is 5.32 Å². The summed E-state index contributed by atoms with van der Waals surface area (Å²) in [6.07, 6.45) is 11.7. The maximum Gasteiger partial charge on any atom is 0.0445 e. The summed E-state index contributed by atoms with van der Waals surface area (Å²) in [4.78, 5) is 0. The Bertz CT molecular complexity index is 184. The quantitative estimate of drug-likeness (QED) is 0.669. The van der Waals surface area contributed by atoms with Gasteiger partial charge in [0.05, 0.1) is 0 Å². The minimum Gasteiger partial charge on any atom is -0.396 e. The average Bonchev–Trinajstić information content (AvgIpc) is 2.55. The number of aliphatic hydroxyl groups excluding tert-OH is 1. The Labute approximate surface area is 107 Å². The topological polar surface area (TPSA) is 32.3 Å². The van der Waals surface area contributed by atoms with Crippen LogP contribution in [0.1, 0.15) is 71.6 Å². The summed E-state index contributed by atoms with van der Waals surface area (Å²) in [6, 6.07) is 1.22. The molecule has 102 valence electrons. The van der Waals surface area contributed by atoms with Crippen molar-refractivity contribution in [3.05, 3.63) is 0 Å². The van der Waals surface area contributed by atoms with Crippen LogP contribution in [0.25, 0.3) is 0 Å². The van der Waals surface area contributed by atoms with Gasteiger partial charge in [-0.3, -0.25) is 0 Å². The maximum atomic E-state index is 9.02. The Hall–Kier alpha value is -0.0800. The van der Waals surface area contributed by atoms with Crippen molar-refractivity contribution in [3.63, 3.8) is 0 Å². The Morgan fingerprint density at radius 1 is 1.18 bits per heavy atom. The first kappa shape index (κ1) is 15.0. The summed E-state index contributed by atoms with van der Waals surface area (Å²) in [5.41, 5.74) is 0. The van der Waals surface area contributed by atoms with Crippen molar-refractivity contribution in [2.45, 2.75) is 83.7 Å². The highest BCUT2D eigenvalue weighted by molar-refractivity contribution is 4.78. The fourth-order valence-electron chi connectivity index (χ4n) is 3.14. The lowest BCUT2D eigenvalue weighted by Gasteiger charge is -2.23. The molecule has 0 aromatic carbocycles. The van der Waals surface area contributed by atoms with Gasteiger partial charge in [0.15, 0.2) is 0 Å². The molecule has 0 saturated heterocycles. The Morgan fingerprint density at radius 3 is 2.65 bits per heavy atom. The summed E-state index contributed by atoms with van der Waals surface area (Å²) in [5, 5.41) is 12.8. The largest absolute Gasteiger partial charge is 0.396 e. The van der Waals surface area contributed by atoms with Crippen LogP contribution in [0.15, 0.2) is 0 Å². The van der Waals surface area contributed by atoms with E-state index in [4.69, 9.17) is 5.11 Å². The van der Waals surface area contributed by atoms with Gasteiger partial charge in [-0.2, -0.15) is 0 Å². The normalized spacial score (nSPS) is 27.7. The van der Waals surface area contributed by atoms with Crippen LogP contribution in [0, 0.1) is 5.92 Å². The molecule has 1 saturated carbocycles. The van der Waals surface area contributed by atoms with Gasteiger partial charge in [0.25, 0.3) is 0 Å². The molecular formula is C15H31NO. The zero-order chi connectivity index (χ0) is 12.5. The van der Waals surface area contributed by atoms with Crippen molar-refractivity contribution in [2.24, 2.45) is 5.92 Å². The van der Waals surface area contributed by atoms with Gasteiger partial charge in [-0.1, -0.05) is 39.5 Å². The zero-order valence-corrected chi connectivity index (χ0v) is 11.8. The number of hydrogen-bond donors (Lipinski definition) is 2. The predicted octanol–water partition coefficient (Wildman–Crippen LogP) is 3.49. The molecular weight excluding hydrogens is 210 g/mol. The van der Waals surface area contributed by atoms with Gasteiger partial charge in [-0.25, -0.2) is 0 Å². The molecule has 1 aliphatic carbocycles. The first-order valence-electron chi connectivity index (χ1n) is 7.67. The maximum absolute atomic E-state index is 9.02. The Balaban J connectivity index is 2.29. The predicted molar refractivity (Wildman–Crippen MR) is 74.2 cm³/mol. The third-order valence-corrected chi connectivity index (χ3v) is 4.23. The van der Waals surface area contributed by atoms with E-state index in [0.29, 0.717) is 18.7 Å². The molecule has 3 unspecified atom stereocenters. The standard InChI is InChI=1S/C15H31NO/c1-3-6-13-7-5-8-15(10-9-13)16-14(4-2)11-12-17/h13-17H,3-12H2,1-2H3. The second-order valence-electron chi connectivity index (χ2n) is 5.64. The van der Waals surface area contributed by atoms with E-state index in [1.54, 1.807) is 0 Å². The molecule has 1 aliphatic rings. The molecule has 2 nitrogen and oxygen atoms in total.